The maximum absolute atomic E-state index is 15.3. The van der Waals surface area contributed by atoms with E-state index in [0.717, 1.165) is 27.8 Å². The molecule has 1 unspecified atom stereocenters. The molecule has 0 bridgehead atoms. The summed E-state index contributed by atoms with van der Waals surface area (Å²) in [5, 5.41) is 0. The van der Waals surface area contributed by atoms with Gasteiger partial charge in [0.05, 0.1) is 17.4 Å². The summed E-state index contributed by atoms with van der Waals surface area (Å²) in [7, 11) is -8.16. The van der Waals surface area contributed by atoms with Gasteiger partial charge in [-0.15, -0.1) is 0 Å². The van der Waals surface area contributed by atoms with E-state index in [0.29, 0.717) is 0 Å². The average Bonchev–Trinajstić information content (AvgIpc) is 3.00. The molecule has 3 rings (SSSR count). The van der Waals surface area contributed by atoms with Gasteiger partial charge in [-0.25, -0.2) is 8.42 Å². The van der Waals surface area contributed by atoms with Crippen LogP contribution in [0.25, 0.3) is 0 Å². The van der Waals surface area contributed by atoms with E-state index in [1.54, 1.807) is 27.7 Å². The highest BCUT2D eigenvalue weighted by molar-refractivity contribution is 7.90. The molecule has 0 radical (unpaired) electrons. The van der Waals surface area contributed by atoms with E-state index < -0.39 is 40.7 Å². The van der Waals surface area contributed by atoms with Crippen LogP contribution in [0.5, 0.6) is 0 Å². The molecule has 1 N–H and O–H groups in total. The number of ether oxygens (including phenoxy) is 1. The lowest BCUT2D eigenvalue weighted by Crippen LogP contribution is -2.40. The Labute approximate surface area is 289 Å². The van der Waals surface area contributed by atoms with Crippen LogP contribution in [-0.2, 0) is 41.5 Å². The molecule has 0 saturated heterocycles. The summed E-state index contributed by atoms with van der Waals surface area (Å²) in [5.74, 6) is -2.43. The molecule has 0 fully saturated rings. The van der Waals surface area contributed by atoms with Gasteiger partial charge >= 0.3 is 5.97 Å². The van der Waals surface area contributed by atoms with Gasteiger partial charge in [0.2, 0.25) is 17.4 Å². The molecule has 3 aromatic carbocycles. The summed E-state index contributed by atoms with van der Waals surface area (Å²) in [5.41, 5.74) is 3.42. The van der Waals surface area contributed by atoms with E-state index >= 15 is 4.57 Å². The Balaban J connectivity index is 2.21. The Morgan fingerprint density at radius 1 is 0.792 bits per heavy atom. The molecule has 264 valence electrons. The molecular formula is C39H56NO6PS. The Morgan fingerprint density at radius 3 is 1.69 bits per heavy atom. The first-order valence-corrected chi connectivity index (χ1v) is 20.5. The van der Waals surface area contributed by atoms with Gasteiger partial charge in [0, 0.05) is 6.16 Å². The average molecular weight is 698 g/mol. The number of nitrogens with one attached hydrogen (secondary N) is 1. The number of benzene rings is 3. The molecular weight excluding hydrogens is 641 g/mol. The van der Waals surface area contributed by atoms with E-state index in [-0.39, 0.29) is 48.3 Å². The number of carbonyl (C=O) groups is 1. The van der Waals surface area contributed by atoms with Crippen molar-refractivity contribution in [3.8, 4) is 0 Å². The largest absolute Gasteiger partial charge is 0.460 e. The van der Waals surface area contributed by atoms with Gasteiger partial charge < -0.3 is 9.26 Å². The number of esters is 1. The van der Waals surface area contributed by atoms with E-state index in [1.807, 2.05) is 100 Å². The highest BCUT2D eigenvalue weighted by Crippen LogP contribution is 2.54. The second-order valence-electron chi connectivity index (χ2n) is 14.6. The Hall–Kier alpha value is -2.77. The molecule has 0 heterocycles. The van der Waals surface area contributed by atoms with Crippen LogP contribution in [0.1, 0.15) is 115 Å². The second-order valence-corrected chi connectivity index (χ2v) is 18.9. The third kappa shape index (κ3) is 10.9. The minimum atomic E-state index is -4.24. The van der Waals surface area contributed by atoms with Crippen LogP contribution in [0, 0.1) is 5.92 Å². The minimum absolute atomic E-state index is 0.0776. The predicted molar refractivity (Wildman–Crippen MR) is 197 cm³/mol. The second kappa shape index (κ2) is 16.8. The standard InChI is InChI=1S/C39H56NO6PS/c1-11-45-47(42,26-33(38(41)46-39(8,9)10)22-30-18-14-12-15-19-30)36(23-31-20-16-13-17-21-31)40-48(43,44)37-34(28(4)5)24-32(27(2)3)25-35(37)29(6)7/h12-21,24-25,27-29,33,36,40H,11,22-23,26H2,1-10H3/t33-,36-,47?/m1/s1. The lowest BCUT2D eigenvalue weighted by atomic mass is 9.89. The van der Waals surface area contributed by atoms with Crippen molar-refractivity contribution >= 4 is 23.4 Å². The fraction of sp³-hybridized carbons (Fsp3) is 0.513. The number of sulfonamides is 1. The maximum atomic E-state index is 15.3. The summed E-state index contributed by atoms with van der Waals surface area (Å²) in [4.78, 5) is 13.9. The lowest BCUT2D eigenvalue weighted by Gasteiger charge is -2.32. The molecule has 7 nitrogen and oxygen atoms in total. The first kappa shape index (κ1) is 39.7. The van der Waals surface area contributed by atoms with Crippen LogP contribution < -0.4 is 4.72 Å². The van der Waals surface area contributed by atoms with Gasteiger partial charge in [-0.3, -0.25) is 9.36 Å². The van der Waals surface area contributed by atoms with E-state index in [2.05, 4.69) is 18.6 Å². The van der Waals surface area contributed by atoms with Gasteiger partial charge in [0.25, 0.3) is 0 Å². The van der Waals surface area contributed by atoms with Crippen LogP contribution in [-0.4, -0.2) is 38.5 Å². The molecule has 0 aliphatic heterocycles. The predicted octanol–water partition coefficient (Wildman–Crippen LogP) is 9.42. The zero-order chi connectivity index (χ0) is 35.9. The SMILES string of the molecule is CCOP(=O)(C[C@@H](Cc1ccccc1)C(=O)OC(C)(C)C)[C@H](Cc1ccccc1)NS(=O)(=O)c1c(C(C)C)cc(C(C)C)cc1C(C)C. The summed E-state index contributed by atoms with van der Waals surface area (Å²) >= 11 is 0. The van der Waals surface area contributed by atoms with Gasteiger partial charge in [-0.1, -0.05) is 114 Å². The molecule has 3 atom stereocenters. The zero-order valence-electron chi connectivity index (χ0n) is 30.4. The third-order valence-corrected chi connectivity index (χ3v) is 13.0. The number of hydrogen-bond donors (Lipinski definition) is 1. The molecule has 0 aliphatic rings. The molecule has 0 spiro atoms. The van der Waals surface area contributed by atoms with Gasteiger partial charge in [-0.2, -0.15) is 4.72 Å². The summed E-state index contributed by atoms with van der Waals surface area (Å²) in [6.07, 6.45) is 0.191. The summed E-state index contributed by atoms with van der Waals surface area (Å²) < 4.78 is 59.6. The number of rotatable bonds is 16. The van der Waals surface area contributed by atoms with Crippen molar-refractivity contribution in [3.63, 3.8) is 0 Å². The van der Waals surface area contributed by atoms with Crippen molar-refractivity contribution in [3.05, 3.63) is 101 Å². The topological polar surface area (TPSA) is 98.8 Å². The van der Waals surface area contributed by atoms with Gasteiger partial charge in [0.1, 0.15) is 11.4 Å². The van der Waals surface area contributed by atoms with Crippen LogP contribution in [0.15, 0.2) is 77.7 Å². The summed E-state index contributed by atoms with van der Waals surface area (Å²) in [6.45, 7) is 19.4. The van der Waals surface area contributed by atoms with Crippen LogP contribution in [0.2, 0.25) is 0 Å². The highest BCUT2D eigenvalue weighted by Gasteiger charge is 2.43. The van der Waals surface area contributed by atoms with Gasteiger partial charge in [0.15, 0.2) is 0 Å². The normalized spacial score (nSPS) is 15.0. The molecule has 9 heteroatoms. The summed E-state index contributed by atoms with van der Waals surface area (Å²) in [6, 6.07) is 22.8. The Morgan fingerprint density at radius 2 is 1.27 bits per heavy atom. The van der Waals surface area contributed by atoms with Crippen molar-refractivity contribution in [1.82, 2.24) is 4.72 Å². The first-order valence-electron chi connectivity index (χ1n) is 17.1. The molecule has 0 aromatic heterocycles. The van der Waals surface area contributed by atoms with Crippen LogP contribution in [0.4, 0.5) is 0 Å². The smallest absolute Gasteiger partial charge is 0.310 e. The van der Waals surface area contributed by atoms with Crippen LogP contribution in [0.3, 0.4) is 0 Å². The fourth-order valence-electron chi connectivity index (χ4n) is 5.84. The van der Waals surface area contributed by atoms with Crippen molar-refractivity contribution in [2.45, 2.75) is 116 Å². The number of carbonyl (C=O) groups excluding carboxylic acids is 1. The van der Waals surface area contributed by atoms with E-state index in [9.17, 15) is 13.2 Å². The van der Waals surface area contributed by atoms with Crippen LogP contribution >= 0.6 is 7.37 Å². The van der Waals surface area contributed by atoms with E-state index in [1.165, 1.54) is 0 Å². The molecule has 0 amide bonds. The van der Waals surface area contributed by atoms with Gasteiger partial charge in [-0.05, 0) is 86.1 Å². The first-order chi connectivity index (χ1) is 22.4. The van der Waals surface area contributed by atoms with E-state index in [4.69, 9.17) is 9.26 Å². The molecule has 0 saturated carbocycles. The monoisotopic (exact) mass is 697 g/mol. The molecule has 3 aromatic rings. The maximum Gasteiger partial charge on any atom is 0.310 e. The third-order valence-electron chi connectivity index (χ3n) is 8.27. The Bertz CT molecular complexity index is 1620. The van der Waals surface area contributed by atoms with Crippen molar-refractivity contribution < 1.29 is 27.0 Å². The van der Waals surface area contributed by atoms with Crippen molar-refractivity contribution in [2.75, 3.05) is 12.8 Å². The lowest BCUT2D eigenvalue weighted by molar-refractivity contribution is -0.159. The van der Waals surface area contributed by atoms with Crippen molar-refractivity contribution in [2.24, 2.45) is 5.92 Å². The molecule has 48 heavy (non-hydrogen) atoms. The quantitative estimate of drug-likeness (QED) is 0.118. The Kier molecular flexibility index (Phi) is 13.8. The number of hydrogen-bond acceptors (Lipinski definition) is 6. The molecule has 0 aliphatic carbocycles. The minimum Gasteiger partial charge on any atom is -0.460 e. The zero-order valence-corrected chi connectivity index (χ0v) is 32.2. The fourth-order valence-corrected chi connectivity index (χ4v) is 11.0. The van der Waals surface area contributed by atoms with Crippen molar-refractivity contribution in [1.29, 1.82) is 0 Å². The highest BCUT2D eigenvalue weighted by atomic mass is 32.2.